The topological polar surface area (TPSA) is 83.1 Å². The fourth-order valence-corrected chi connectivity index (χ4v) is 2.43. The average molecular weight is 367 g/mol. The summed E-state index contributed by atoms with van der Waals surface area (Å²) >= 11 is 0. The molecule has 1 aromatic carbocycles. The van der Waals surface area contributed by atoms with Crippen molar-refractivity contribution in [3.05, 3.63) is 23.3 Å². The highest BCUT2D eigenvalue weighted by Crippen LogP contribution is 2.30. The average Bonchev–Trinajstić information content (AvgIpc) is 2.58. The van der Waals surface area contributed by atoms with E-state index in [2.05, 4.69) is 5.32 Å². The van der Waals surface area contributed by atoms with Crippen molar-refractivity contribution in [2.45, 2.75) is 52.2 Å². The first-order chi connectivity index (χ1) is 12.1. The Kier molecular flexibility index (Phi) is 7.74. The van der Waals surface area contributed by atoms with Crippen molar-refractivity contribution in [2.24, 2.45) is 0 Å². The van der Waals surface area contributed by atoms with Crippen LogP contribution in [0.3, 0.4) is 0 Å². The van der Waals surface area contributed by atoms with Crippen LogP contribution in [-0.4, -0.2) is 45.0 Å². The smallest absolute Gasteiger partial charge is 0.407 e. The number of esters is 1. The Morgan fingerprint density at radius 3 is 2.15 bits per heavy atom. The van der Waals surface area contributed by atoms with Crippen LogP contribution in [0.1, 0.15) is 50.0 Å². The number of ether oxygens (including phenoxy) is 4. The van der Waals surface area contributed by atoms with Crippen LogP contribution in [0.4, 0.5) is 4.79 Å². The number of amides is 1. The number of rotatable bonds is 7. The molecule has 0 radical (unpaired) electrons. The van der Waals surface area contributed by atoms with E-state index in [0.717, 1.165) is 5.56 Å². The van der Waals surface area contributed by atoms with E-state index in [4.69, 9.17) is 18.9 Å². The molecule has 0 aromatic heterocycles. The van der Waals surface area contributed by atoms with Gasteiger partial charge in [-0.15, -0.1) is 0 Å². The Morgan fingerprint density at radius 2 is 1.69 bits per heavy atom. The number of nitrogens with one attached hydrogen (secondary N) is 1. The van der Waals surface area contributed by atoms with E-state index in [9.17, 15) is 9.59 Å². The summed E-state index contributed by atoms with van der Waals surface area (Å²) in [6.45, 7) is 7.40. The molecule has 1 N–H and O–H groups in total. The SMILES string of the molecule is CCC(Cc1cc(OC)c(C(=O)OC)cc1OC)NC(=O)OC(C)(C)C. The van der Waals surface area contributed by atoms with E-state index >= 15 is 0 Å². The van der Waals surface area contributed by atoms with Crippen molar-refractivity contribution in [3.63, 3.8) is 0 Å². The van der Waals surface area contributed by atoms with Gasteiger partial charge in [0.25, 0.3) is 0 Å². The fraction of sp³-hybridized carbons (Fsp3) is 0.579. The van der Waals surface area contributed by atoms with E-state index < -0.39 is 17.7 Å². The summed E-state index contributed by atoms with van der Waals surface area (Å²) < 4.78 is 20.8. The molecule has 0 saturated heterocycles. The molecular formula is C19H29NO6. The summed E-state index contributed by atoms with van der Waals surface area (Å²) in [6.07, 6.45) is 0.724. The Balaban J connectivity index is 3.05. The first-order valence-corrected chi connectivity index (χ1v) is 8.47. The lowest BCUT2D eigenvalue weighted by molar-refractivity contribution is 0.0502. The highest BCUT2D eigenvalue weighted by atomic mass is 16.6. The van der Waals surface area contributed by atoms with Gasteiger partial charge in [-0.25, -0.2) is 9.59 Å². The minimum absolute atomic E-state index is 0.160. The zero-order valence-electron chi connectivity index (χ0n) is 16.6. The van der Waals surface area contributed by atoms with Gasteiger partial charge in [0.1, 0.15) is 22.7 Å². The van der Waals surface area contributed by atoms with Crippen LogP contribution in [0.25, 0.3) is 0 Å². The van der Waals surface area contributed by atoms with Gasteiger partial charge in [0.15, 0.2) is 0 Å². The normalized spacial score (nSPS) is 12.1. The first kappa shape index (κ1) is 21.6. The van der Waals surface area contributed by atoms with Crippen LogP contribution < -0.4 is 14.8 Å². The van der Waals surface area contributed by atoms with Gasteiger partial charge in [-0.1, -0.05) is 6.92 Å². The van der Waals surface area contributed by atoms with Crippen molar-refractivity contribution in [1.29, 1.82) is 0 Å². The molecule has 146 valence electrons. The molecule has 7 nitrogen and oxygen atoms in total. The summed E-state index contributed by atoms with van der Waals surface area (Å²) in [7, 11) is 4.31. The lowest BCUT2D eigenvalue weighted by Gasteiger charge is -2.24. The molecule has 0 bridgehead atoms. The minimum atomic E-state index is -0.564. The first-order valence-electron chi connectivity index (χ1n) is 8.47. The third kappa shape index (κ3) is 6.13. The van der Waals surface area contributed by atoms with Gasteiger partial charge in [0.2, 0.25) is 0 Å². The predicted octanol–water partition coefficient (Wildman–Crippen LogP) is 3.34. The molecule has 0 fully saturated rings. The molecular weight excluding hydrogens is 338 g/mol. The fourth-order valence-electron chi connectivity index (χ4n) is 2.43. The second kappa shape index (κ2) is 9.31. The number of hydrogen-bond acceptors (Lipinski definition) is 6. The third-order valence-electron chi connectivity index (χ3n) is 3.69. The largest absolute Gasteiger partial charge is 0.496 e. The molecule has 0 aliphatic rings. The number of carbonyl (C=O) groups is 2. The van der Waals surface area contributed by atoms with Crippen LogP contribution in [0.15, 0.2) is 12.1 Å². The molecule has 0 saturated carbocycles. The van der Waals surface area contributed by atoms with E-state index in [1.165, 1.54) is 21.3 Å². The van der Waals surface area contributed by atoms with E-state index in [1.807, 2.05) is 27.7 Å². The number of hydrogen-bond donors (Lipinski definition) is 1. The van der Waals surface area contributed by atoms with Crippen LogP contribution in [0.5, 0.6) is 11.5 Å². The quantitative estimate of drug-likeness (QED) is 0.744. The summed E-state index contributed by atoms with van der Waals surface area (Å²) in [5.41, 5.74) is 0.523. The molecule has 0 heterocycles. The second-order valence-corrected chi connectivity index (χ2v) is 6.81. The summed E-state index contributed by atoms with van der Waals surface area (Å²) in [6, 6.07) is 3.15. The minimum Gasteiger partial charge on any atom is -0.496 e. The van der Waals surface area contributed by atoms with Crippen molar-refractivity contribution < 1.29 is 28.5 Å². The van der Waals surface area contributed by atoms with Gasteiger partial charge in [-0.2, -0.15) is 0 Å². The van der Waals surface area contributed by atoms with Gasteiger partial charge >= 0.3 is 12.1 Å². The van der Waals surface area contributed by atoms with Gasteiger partial charge in [0, 0.05) is 6.04 Å². The maximum atomic E-state index is 12.0. The third-order valence-corrected chi connectivity index (χ3v) is 3.69. The maximum absolute atomic E-state index is 12.0. The lowest BCUT2D eigenvalue weighted by Crippen LogP contribution is -2.40. The highest BCUT2D eigenvalue weighted by molar-refractivity contribution is 5.93. The Morgan fingerprint density at radius 1 is 1.08 bits per heavy atom. The molecule has 1 rings (SSSR count). The van der Waals surface area contributed by atoms with Crippen molar-refractivity contribution in [2.75, 3.05) is 21.3 Å². The van der Waals surface area contributed by atoms with Crippen molar-refractivity contribution >= 4 is 12.1 Å². The van der Waals surface area contributed by atoms with E-state index in [1.54, 1.807) is 12.1 Å². The number of methoxy groups -OCH3 is 3. The molecule has 26 heavy (non-hydrogen) atoms. The van der Waals surface area contributed by atoms with Crippen LogP contribution in [-0.2, 0) is 15.9 Å². The Bertz CT molecular complexity index is 636. The van der Waals surface area contributed by atoms with E-state index in [-0.39, 0.29) is 11.6 Å². The van der Waals surface area contributed by atoms with Crippen molar-refractivity contribution in [1.82, 2.24) is 5.32 Å². The molecule has 0 spiro atoms. The summed E-state index contributed by atoms with van der Waals surface area (Å²) in [4.78, 5) is 23.9. The molecule has 1 atom stereocenters. The lowest BCUT2D eigenvalue weighted by atomic mass is 10.0. The number of alkyl carbamates (subject to hydrolysis) is 1. The van der Waals surface area contributed by atoms with Crippen LogP contribution >= 0.6 is 0 Å². The van der Waals surface area contributed by atoms with E-state index in [0.29, 0.717) is 24.3 Å². The number of benzene rings is 1. The Labute approximate surface area is 155 Å². The molecule has 7 heteroatoms. The zero-order chi connectivity index (χ0) is 19.9. The monoisotopic (exact) mass is 367 g/mol. The van der Waals surface area contributed by atoms with Gasteiger partial charge in [-0.05, 0) is 51.3 Å². The summed E-state index contributed by atoms with van der Waals surface area (Å²) in [5, 5.41) is 2.86. The highest BCUT2D eigenvalue weighted by Gasteiger charge is 2.22. The van der Waals surface area contributed by atoms with Crippen LogP contribution in [0, 0.1) is 0 Å². The Hall–Kier alpha value is -2.44. The molecule has 0 aliphatic carbocycles. The standard InChI is InChI=1S/C19H29NO6/c1-8-13(20-18(22)26-19(2,3)4)9-12-10-16(24-6)14(17(21)25-7)11-15(12)23-5/h10-11,13H,8-9H2,1-7H3,(H,20,22). The molecule has 1 amide bonds. The van der Waals surface area contributed by atoms with Crippen molar-refractivity contribution in [3.8, 4) is 11.5 Å². The molecule has 0 aliphatic heterocycles. The molecule has 1 aromatic rings. The zero-order valence-corrected chi connectivity index (χ0v) is 16.6. The maximum Gasteiger partial charge on any atom is 0.407 e. The summed E-state index contributed by atoms with van der Waals surface area (Å²) in [5.74, 6) is 0.404. The van der Waals surface area contributed by atoms with Gasteiger partial charge < -0.3 is 24.3 Å². The van der Waals surface area contributed by atoms with Gasteiger partial charge in [-0.3, -0.25) is 0 Å². The van der Waals surface area contributed by atoms with Gasteiger partial charge in [0.05, 0.1) is 21.3 Å². The second-order valence-electron chi connectivity index (χ2n) is 6.81. The predicted molar refractivity (Wildman–Crippen MR) is 98.0 cm³/mol. The van der Waals surface area contributed by atoms with Crippen LogP contribution in [0.2, 0.25) is 0 Å². The number of carbonyl (C=O) groups excluding carboxylic acids is 2. The molecule has 1 unspecified atom stereocenters.